The summed E-state index contributed by atoms with van der Waals surface area (Å²) in [7, 11) is -2.44. The van der Waals surface area contributed by atoms with Gasteiger partial charge in [-0.3, -0.25) is 4.79 Å². The van der Waals surface area contributed by atoms with Gasteiger partial charge in [-0.15, -0.1) is 0 Å². The second-order valence-electron chi connectivity index (χ2n) is 8.71. The first-order valence-corrected chi connectivity index (χ1v) is 14.7. The van der Waals surface area contributed by atoms with Crippen LogP contribution in [0.3, 0.4) is 0 Å². The molecule has 1 heterocycles. The molecule has 10 heteroatoms. The van der Waals surface area contributed by atoms with E-state index in [1.807, 2.05) is 42.5 Å². The molecule has 0 radical (unpaired) electrons. The standard InChI is InChI=1S/C27H26Br2N2O5S/c1-36-27(33)25(20-9-7-19(8-10-20)18-5-3-2-4-6-18)30-26(32)21-13-15-31(16-14-21)37(34,35)24-17-22(28)11-12-23(24)29/h2-12,17,21,25H,13-16H2,1H3,(H,30,32). The summed E-state index contributed by atoms with van der Waals surface area (Å²) in [5.74, 6) is -1.29. The lowest BCUT2D eigenvalue weighted by molar-refractivity contribution is -0.146. The predicted octanol–water partition coefficient (Wildman–Crippen LogP) is 5.31. The molecule has 3 aromatic rings. The fourth-order valence-corrected chi connectivity index (χ4v) is 7.26. The first-order valence-electron chi connectivity index (χ1n) is 11.7. The van der Waals surface area contributed by atoms with Crippen molar-refractivity contribution in [3.8, 4) is 11.1 Å². The van der Waals surface area contributed by atoms with Crippen molar-refractivity contribution in [2.24, 2.45) is 5.92 Å². The van der Waals surface area contributed by atoms with Gasteiger partial charge in [0.1, 0.15) is 0 Å². The summed E-state index contributed by atoms with van der Waals surface area (Å²) in [4.78, 5) is 25.8. The lowest BCUT2D eigenvalue weighted by Crippen LogP contribution is -2.44. The van der Waals surface area contributed by atoms with Crippen LogP contribution in [0.1, 0.15) is 24.4 Å². The van der Waals surface area contributed by atoms with Gasteiger partial charge >= 0.3 is 5.97 Å². The molecule has 0 bridgehead atoms. The van der Waals surface area contributed by atoms with Gasteiger partial charge in [-0.1, -0.05) is 70.5 Å². The number of methoxy groups -OCH3 is 1. The van der Waals surface area contributed by atoms with Crippen LogP contribution in [-0.4, -0.2) is 44.8 Å². The second-order valence-corrected chi connectivity index (χ2v) is 12.4. The molecule has 1 fully saturated rings. The SMILES string of the molecule is COC(=O)C(NC(=O)C1CCN(S(=O)(=O)c2cc(Br)ccc2Br)CC1)c1ccc(-c2ccccc2)cc1. The number of esters is 1. The molecule has 3 aromatic carbocycles. The van der Waals surface area contributed by atoms with E-state index in [-0.39, 0.29) is 23.9 Å². The van der Waals surface area contributed by atoms with E-state index in [0.717, 1.165) is 11.1 Å². The van der Waals surface area contributed by atoms with Crippen molar-refractivity contribution in [1.82, 2.24) is 9.62 Å². The van der Waals surface area contributed by atoms with Gasteiger partial charge in [0, 0.05) is 28.0 Å². The number of sulfonamides is 1. The molecule has 1 aliphatic heterocycles. The molecule has 0 aromatic heterocycles. The molecular weight excluding hydrogens is 624 g/mol. The molecule has 1 unspecified atom stereocenters. The van der Waals surface area contributed by atoms with E-state index >= 15 is 0 Å². The minimum Gasteiger partial charge on any atom is -0.467 e. The zero-order valence-electron chi connectivity index (χ0n) is 20.1. The Balaban J connectivity index is 1.43. The van der Waals surface area contributed by atoms with E-state index in [0.29, 0.717) is 27.4 Å². The third kappa shape index (κ3) is 6.31. The van der Waals surface area contributed by atoms with Crippen molar-refractivity contribution in [1.29, 1.82) is 0 Å². The number of ether oxygens (including phenoxy) is 1. The van der Waals surface area contributed by atoms with Gasteiger partial charge in [0.15, 0.2) is 6.04 Å². The molecular formula is C27H26Br2N2O5S. The number of rotatable bonds is 7. The summed E-state index contributed by atoms with van der Waals surface area (Å²) in [5, 5.41) is 2.82. The molecule has 1 N–H and O–H groups in total. The molecule has 1 aliphatic rings. The highest BCUT2D eigenvalue weighted by molar-refractivity contribution is 9.11. The summed E-state index contributed by atoms with van der Waals surface area (Å²) in [6.45, 7) is 0.405. The number of nitrogens with one attached hydrogen (secondary N) is 1. The molecule has 7 nitrogen and oxygen atoms in total. The Morgan fingerprint density at radius 2 is 1.57 bits per heavy atom. The van der Waals surface area contributed by atoms with Crippen molar-refractivity contribution in [2.45, 2.75) is 23.8 Å². The number of amides is 1. The predicted molar refractivity (Wildman–Crippen MR) is 148 cm³/mol. The van der Waals surface area contributed by atoms with Crippen LogP contribution < -0.4 is 5.32 Å². The normalized spacial score (nSPS) is 15.6. The van der Waals surface area contributed by atoms with Crippen molar-refractivity contribution in [3.05, 3.63) is 87.3 Å². The third-order valence-electron chi connectivity index (χ3n) is 6.41. The highest BCUT2D eigenvalue weighted by Gasteiger charge is 2.35. The zero-order chi connectivity index (χ0) is 26.6. The maximum atomic E-state index is 13.2. The van der Waals surface area contributed by atoms with Crippen molar-refractivity contribution in [3.63, 3.8) is 0 Å². The van der Waals surface area contributed by atoms with Crippen LogP contribution in [0, 0.1) is 5.92 Å². The largest absolute Gasteiger partial charge is 0.467 e. The quantitative estimate of drug-likeness (QED) is 0.350. The summed E-state index contributed by atoms with van der Waals surface area (Å²) >= 11 is 6.64. The summed E-state index contributed by atoms with van der Waals surface area (Å²) in [6, 6.07) is 21.3. The summed E-state index contributed by atoms with van der Waals surface area (Å²) in [6.07, 6.45) is 0.690. The molecule has 0 spiro atoms. The van der Waals surface area contributed by atoms with E-state index in [1.165, 1.54) is 11.4 Å². The first kappa shape index (κ1) is 27.5. The van der Waals surface area contributed by atoms with Gasteiger partial charge in [-0.2, -0.15) is 4.31 Å². The van der Waals surface area contributed by atoms with Crippen LogP contribution >= 0.6 is 31.9 Å². The molecule has 0 aliphatic carbocycles. The number of halogens is 2. The van der Waals surface area contributed by atoms with E-state index < -0.39 is 28.0 Å². The number of hydrogen-bond acceptors (Lipinski definition) is 5. The maximum Gasteiger partial charge on any atom is 0.333 e. The third-order valence-corrected chi connectivity index (χ3v) is 9.80. The second kappa shape index (κ2) is 11.9. The minimum absolute atomic E-state index is 0.175. The van der Waals surface area contributed by atoms with Crippen LogP contribution in [0.15, 0.2) is 86.6 Å². The average Bonchev–Trinajstić information content (AvgIpc) is 2.93. The summed E-state index contributed by atoms with van der Waals surface area (Å²) in [5.41, 5.74) is 2.65. The molecule has 0 saturated carbocycles. The van der Waals surface area contributed by atoms with Crippen LogP contribution in [0.5, 0.6) is 0 Å². The molecule has 1 saturated heterocycles. The van der Waals surface area contributed by atoms with Gasteiger partial charge in [0.05, 0.1) is 12.0 Å². The van der Waals surface area contributed by atoms with E-state index in [9.17, 15) is 18.0 Å². The maximum absolute atomic E-state index is 13.2. The molecule has 194 valence electrons. The topological polar surface area (TPSA) is 92.8 Å². The lowest BCUT2D eigenvalue weighted by Gasteiger charge is -2.31. The minimum atomic E-state index is -3.72. The first-order chi connectivity index (χ1) is 17.7. The fourth-order valence-electron chi connectivity index (χ4n) is 4.33. The smallest absolute Gasteiger partial charge is 0.333 e. The van der Waals surface area contributed by atoms with Gasteiger partial charge in [0.2, 0.25) is 15.9 Å². The fraction of sp³-hybridized carbons (Fsp3) is 0.259. The van der Waals surface area contributed by atoms with Crippen molar-refractivity contribution >= 4 is 53.8 Å². The van der Waals surface area contributed by atoms with E-state index in [1.54, 1.807) is 30.3 Å². The Labute approximate surface area is 233 Å². The van der Waals surface area contributed by atoms with Crippen molar-refractivity contribution < 1.29 is 22.7 Å². The van der Waals surface area contributed by atoms with E-state index in [2.05, 4.69) is 37.2 Å². The highest BCUT2D eigenvalue weighted by atomic mass is 79.9. The van der Waals surface area contributed by atoms with Gasteiger partial charge in [0.25, 0.3) is 0 Å². The molecule has 1 atom stereocenters. The monoisotopic (exact) mass is 648 g/mol. The molecule has 37 heavy (non-hydrogen) atoms. The van der Waals surface area contributed by atoms with Gasteiger partial charge in [-0.25, -0.2) is 13.2 Å². The number of nitrogens with zero attached hydrogens (tertiary/aromatic N) is 1. The Morgan fingerprint density at radius 3 is 2.19 bits per heavy atom. The number of hydrogen-bond donors (Lipinski definition) is 1. The highest BCUT2D eigenvalue weighted by Crippen LogP contribution is 2.31. The van der Waals surface area contributed by atoms with E-state index in [4.69, 9.17) is 4.74 Å². The molecule has 4 rings (SSSR count). The zero-order valence-corrected chi connectivity index (χ0v) is 24.1. The number of benzene rings is 3. The molecule has 1 amide bonds. The van der Waals surface area contributed by atoms with Gasteiger partial charge < -0.3 is 10.1 Å². The van der Waals surface area contributed by atoms with Crippen molar-refractivity contribution in [2.75, 3.05) is 20.2 Å². The Morgan fingerprint density at radius 1 is 0.946 bits per heavy atom. The Kier molecular flexibility index (Phi) is 8.84. The van der Waals surface area contributed by atoms with Crippen LogP contribution in [-0.2, 0) is 24.3 Å². The summed E-state index contributed by atoms with van der Waals surface area (Å²) < 4.78 is 33.8. The van der Waals surface area contributed by atoms with Crippen LogP contribution in [0.4, 0.5) is 0 Å². The van der Waals surface area contributed by atoms with Crippen LogP contribution in [0.2, 0.25) is 0 Å². The number of carbonyl (C=O) groups is 2. The number of carbonyl (C=O) groups excluding carboxylic acids is 2. The lowest BCUT2D eigenvalue weighted by atomic mass is 9.95. The van der Waals surface area contributed by atoms with Crippen LogP contribution in [0.25, 0.3) is 11.1 Å². The number of piperidine rings is 1. The Bertz CT molecular complexity index is 1370. The van der Waals surface area contributed by atoms with Gasteiger partial charge in [-0.05, 0) is 63.7 Å². The Hall–Kier alpha value is -2.53. The average molecular weight is 650 g/mol.